The first-order valence-electron chi connectivity index (χ1n) is 6.75. The van der Waals surface area contributed by atoms with Crippen molar-refractivity contribution in [1.82, 2.24) is 5.32 Å². The lowest BCUT2D eigenvalue weighted by Crippen LogP contribution is -2.30. The molecule has 1 amide bonds. The second kappa shape index (κ2) is 8.67. The van der Waals surface area contributed by atoms with Crippen LogP contribution in [0.25, 0.3) is 0 Å². The number of nitrogens with one attached hydrogen (secondary N) is 1. The van der Waals surface area contributed by atoms with Gasteiger partial charge in [0.15, 0.2) is 0 Å². The standard InChI is InChI=1S/C15H20FNO3S/c1-10(2)14(15(19)20)21-9-13(18)17-8-7-11-3-5-12(16)6-4-11/h3-6,10,14H,7-9H2,1-2H3,(H,17,18)(H,19,20). The second-order valence-electron chi connectivity index (χ2n) is 5.04. The van der Waals surface area contributed by atoms with Gasteiger partial charge in [0, 0.05) is 6.54 Å². The highest BCUT2D eigenvalue weighted by Gasteiger charge is 2.22. The quantitative estimate of drug-likeness (QED) is 0.773. The van der Waals surface area contributed by atoms with Crippen LogP contribution >= 0.6 is 11.8 Å². The van der Waals surface area contributed by atoms with E-state index in [2.05, 4.69) is 5.32 Å². The summed E-state index contributed by atoms with van der Waals surface area (Å²) >= 11 is 1.13. The Labute approximate surface area is 128 Å². The van der Waals surface area contributed by atoms with Crippen LogP contribution in [0.4, 0.5) is 4.39 Å². The topological polar surface area (TPSA) is 66.4 Å². The maximum atomic E-state index is 12.7. The molecule has 0 aliphatic carbocycles. The zero-order valence-electron chi connectivity index (χ0n) is 12.1. The molecule has 1 rings (SSSR count). The zero-order valence-corrected chi connectivity index (χ0v) is 13.0. The van der Waals surface area contributed by atoms with Gasteiger partial charge in [-0.2, -0.15) is 0 Å². The Hall–Kier alpha value is -1.56. The number of carboxylic acid groups (broad SMARTS) is 1. The third kappa shape index (κ3) is 6.62. The normalized spacial score (nSPS) is 12.2. The molecular weight excluding hydrogens is 293 g/mol. The molecule has 0 spiro atoms. The van der Waals surface area contributed by atoms with Gasteiger partial charge in [0.1, 0.15) is 11.1 Å². The van der Waals surface area contributed by atoms with Crippen molar-refractivity contribution in [3.8, 4) is 0 Å². The van der Waals surface area contributed by atoms with E-state index in [9.17, 15) is 14.0 Å². The summed E-state index contributed by atoms with van der Waals surface area (Å²) in [6, 6.07) is 6.12. The number of hydrogen-bond acceptors (Lipinski definition) is 3. The van der Waals surface area contributed by atoms with Gasteiger partial charge in [-0.3, -0.25) is 9.59 Å². The summed E-state index contributed by atoms with van der Waals surface area (Å²) in [5.74, 6) is -1.27. The fraction of sp³-hybridized carbons (Fsp3) is 0.467. The van der Waals surface area contributed by atoms with Gasteiger partial charge < -0.3 is 10.4 Å². The van der Waals surface area contributed by atoms with E-state index in [-0.39, 0.29) is 23.4 Å². The summed E-state index contributed by atoms with van der Waals surface area (Å²) in [6.45, 7) is 4.08. The van der Waals surface area contributed by atoms with Crippen molar-refractivity contribution in [3.05, 3.63) is 35.6 Å². The first-order valence-corrected chi connectivity index (χ1v) is 7.80. The number of aliphatic carboxylic acids is 1. The number of benzene rings is 1. The largest absolute Gasteiger partial charge is 0.480 e. The van der Waals surface area contributed by atoms with E-state index in [1.807, 2.05) is 13.8 Å². The van der Waals surface area contributed by atoms with Gasteiger partial charge in [0.2, 0.25) is 5.91 Å². The van der Waals surface area contributed by atoms with Crippen LogP contribution in [0.1, 0.15) is 19.4 Å². The number of carboxylic acids is 1. The number of amides is 1. The molecule has 0 radical (unpaired) electrons. The van der Waals surface area contributed by atoms with Gasteiger partial charge >= 0.3 is 5.97 Å². The molecule has 1 unspecified atom stereocenters. The lowest BCUT2D eigenvalue weighted by Gasteiger charge is -2.15. The van der Waals surface area contributed by atoms with Crippen molar-refractivity contribution in [1.29, 1.82) is 0 Å². The summed E-state index contributed by atoms with van der Waals surface area (Å²) in [4.78, 5) is 22.6. The molecule has 0 fully saturated rings. The van der Waals surface area contributed by atoms with Gasteiger partial charge in [-0.15, -0.1) is 11.8 Å². The third-order valence-electron chi connectivity index (χ3n) is 2.89. The molecule has 4 nitrogen and oxygen atoms in total. The molecule has 1 atom stereocenters. The van der Waals surface area contributed by atoms with Gasteiger partial charge in [-0.05, 0) is 30.0 Å². The molecular formula is C15H20FNO3S. The summed E-state index contributed by atoms with van der Waals surface area (Å²) in [5.41, 5.74) is 0.940. The Bertz CT molecular complexity index is 476. The molecule has 0 bridgehead atoms. The Morgan fingerprint density at radius 3 is 2.43 bits per heavy atom. The molecule has 6 heteroatoms. The number of rotatable bonds is 8. The van der Waals surface area contributed by atoms with Gasteiger partial charge in [-0.1, -0.05) is 26.0 Å². The predicted octanol–water partition coefficient (Wildman–Crippen LogP) is 2.33. The highest BCUT2D eigenvalue weighted by Crippen LogP contribution is 2.19. The van der Waals surface area contributed by atoms with Crippen LogP contribution in [0.3, 0.4) is 0 Å². The number of carbonyl (C=O) groups excluding carboxylic acids is 1. The van der Waals surface area contributed by atoms with Crippen LogP contribution in [-0.4, -0.2) is 34.5 Å². The lowest BCUT2D eigenvalue weighted by atomic mass is 10.1. The molecule has 0 aliphatic heterocycles. The molecule has 21 heavy (non-hydrogen) atoms. The van der Waals surface area contributed by atoms with Gasteiger partial charge in [-0.25, -0.2) is 4.39 Å². The Balaban J connectivity index is 2.28. The summed E-state index contributed by atoms with van der Waals surface area (Å²) < 4.78 is 12.7. The van der Waals surface area contributed by atoms with Crippen LogP contribution in [-0.2, 0) is 16.0 Å². The Morgan fingerprint density at radius 2 is 1.90 bits per heavy atom. The zero-order chi connectivity index (χ0) is 15.8. The minimum atomic E-state index is -0.894. The Kier molecular flexibility index (Phi) is 7.22. The van der Waals surface area contributed by atoms with Crippen LogP contribution < -0.4 is 5.32 Å². The van der Waals surface area contributed by atoms with Crippen LogP contribution in [0.2, 0.25) is 0 Å². The van der Waals surface area contributed by atoms with Gasteiger partial charge in [0.25, 0.3) is 0 Å². The highest BCUT2D eigenvalue weighted by atomic mass is 32.2. The van der Waals surface area contributed by atoms with Crippen molar-refractivity contribution >= 4 is 23.6 Å². The molecule has 116 valence electrons. The number of carbonyl (C=O) groups is 2. The highest BCUT2D eigenvalue weighted by molar-refractivity contribution is 8.01. The predicted molar refractivity (Wildman–Crippen MR) is 81.8 cm³/mol. The van der Waals surface area contributed by atoms with Crippen molar-refractivity contribution in [2.75, 3.05) is 12.3 Å². The molecule has 2 N–H and O–H groups in total. The minimum absolute atomic E-state index is 0.0282. The Morgan fingerprint density at radius 1 is 1.29 bits per heavy atom. The van der Waals surface area contributed by atoms with E-state index in [1.54, 1.807) is 12.1 Å². The van der Waals surface area contributed by atoms with E-state index in [4.69, 9.17) is 5.11 Å². The number of hydrogen-bond donors (Lipinski definition) is 2. The molecule has 0 heterocycles. The summed E-state index contributed by atoms with van der Waals surface area (Å²) in [7, 11) is 0. The number of thioether (sulfide) groups is 1. The molecule has 1 aromatic rings. The monoisotopic (exact) mass is 313 g/mol. The molecule has 0 aliphatic rings. The van der Waals surface area contributed by atoms with E-state index in [1.165, 1.54) is 12.1 Å². The SMILES string of the molecule is CC(C)C(SCC(=O)NCCc1ccc(F)cc1)C(=O)O. The minimum Gasteiger partial charge on any atom is -0.480 e. The number of halogens is 1. The molecule has 0 saturated heterocycles. The van der Waals surface area contributed by atoms with E-state index >= 15 is 0 Å². The summed E-state index contributed by atoms with van der Waals surface area (Å²) in [6.07, 6.45) is 0.614. The smallest absolute Gasteiger partial charge is 0.316 e. The van der Waals surface area contributed by atoms with Crippen molar-refractivity contribution in [2.45, 2.75) is 25.5 Å². The first-order chi connectivity index (χ1) is 9.90. The van der Waals surface area contributed by atoms with E-state index in [0.717, 1.165) is 17.3 Å². The van der Waals surface area contributed by atoms with Crippen molar-refractivity contribution in [2.24, 2.45) is 5.92 Å². The van der Waals surface area contributed by atoms with E-state index < -0.39 is 11.2 Å². The maximum absolute atomic E-state index is 12.7. The van der Waals surface area contributed by atoms with E-state index in [0.29, 0.717) is 13.0 Å². The fourth-order valence-corrected chi connectivity index (χ4v) is 2.72. The van der Waals surface area contributed by atoms with Crippen molar-refractivity contribution < 1.29 is 19.1 Å². The molecule has 0 saturated carbocycles. The van der Waals surface area contributed by atoms with Crippen LogP contribution in [0.15, 0.2) is 24.3 Å². The second-order valence-corrected chi connectivity index (χ2v) is 6.17. The van der Waals surface area contributed by atoms with Crippen molar-refractivity contribution in [3.63, 3.8) is 0 Å². The maximum Gasteiger partial charge on any atom is 0.316 e. The molecule has 1 aromatic carbocycles. The van der Waals surface area contributed by atoms with Gasteiger partial charge in [0.05, 0.1) is 5.75 Å². The fourth-order valence-electron chi connectivity index (χ4n) is 1.76. The first kappa shape index (κ1) is 17.5. The average Bonchev–Trinajstić information content (AvgIpc) is 2.40. The summed E-state index contributed by atoms with van der Waals surface area (Å²) in [5, 5.41) is 11.2. The lowest BCUT2D eigenvalue weighted by molar-refractivity contribution is -0.137. The van der Waals surface area contributed by atoms with Crippen LogP contribution in [0.5, 0.6) is 0 Å². The van der Waals surface area contributed by atoms with Crippen LogP contribution in [0, 0.1) is 11.7 Å². The third-order valence-corrected chi connectivity index (χ3v) is 4.43. The average molecular weight is 313 g/mol. The molecule has 0 aromatic heterocycles.